The standard InChI is InChI=1S/C21H24N2O5/c1-14-6-8-16(12-17(14)22-20(26)18-5-3-11-28-18)21(27)23-10-2-4-15(13-23)7-9-19(24)25/h3,5-6,8,11-12,15H,2,4,7,9-10,13H2,1H3,(H,22,26)(H,24,25). The van der Waals surface area contributed by atoms with Crippen molar-refractivity contribution >= 4 is 23.5 Å². The molecule has 28 heavy (non-hydrogen) atoms. The number of anilines is 1. The highest BCUT2D eigenvalue weighted by atomic mass is 16.4. The maximum atomic E-state index is 12.9. The van der Waals surface area contributed by atoms with Crippen molar-refractivity contribution in [2.24, 2.45) is 5.92 Å². The average molecular weight is 384 g/mol. The maximum absolute atomic E-state index is 12.9. The van der Waals surface area contributed by atoms with Crippen LogP contribution in [0.5, 0.6) is 0 Å². The number of likely N-dealkylation sites (tertiary alicyclic amines) is 1. The second-order valence-corrected chi connectivity index (χ2v) is 7.15. The van der Waals surface area contributed by atoms with Crippen molar-refractivity contribution in [3.8, 4) is 0 Å². The fourth-order valence-electron chi connectivity index (χ4n) is 3.48. The average Bonchev–Trinajstić information content (AvgIpc) is 3.23. The number of rotatable bonds is 6. The molecule has 1 atom stereocenters. The van der Waals surface area contributed by atoms with Crippen LogP contribution >= 0.6 is 0 Å². The summed E-state index contributed by atoms with van der Waals surface area (Å²) in [5.74, 6) is -0.873. The molecule has 2 N–H and O–H groups in total. The van der Waals surface area contributed by atoms with E-state index in [0.29, 0.717) is 30.8 Å². The summed E-state index contributed by atoms with van der Waals surface area (Å²) in [6.07, 6.45) is 3.94. The predicted molar refractivity (Wildman–Crippen MR) is 103 cm³/mol. The fraction of sp³-hybridized carbons (Fsp3) is 0.381. The molecule has 2 aromatic rings. The molecule has 1 saturated heterocycles. The number of carbonyl (C=O) groups is 3. The zero-order valence-electron chi connectivity index (χ0n) is 15.8. The summed E-state index contributed by atoms with van der Waals surface area (Å²) in [6.45, 7) is 3.08. The van der Waals surface area contributed by atoms with Crippen LogP contribution in [0, 0.1) is 12.8 Å². The lowest BCUT2D eigenvalue weighted by atomic mass is 9.93. The van der Waals surface area contributed by atoms with E-state index in [1.807, 2.05) is 6.92 Å². The summed E-state index contributed by atoms with van der Waals surface area (Å²) in [5, 5.41) is 11.7. The van der Waals surface area contributed by atoms with Gasteiger partial charge in [-0.2, -0.15) is 0 Å². The molecule has 1 aliphatic rings. The van der Waals surface area contributed by atoms with Crippen molar-refractivity contribution in [1.82, 2.24) is 4.90 Å². The number of furan rings is 1. The number of aryl methyl sites for hydroxylation is 1. The SMILES string of the molecule is Cc1ccc(C(=O)N2CCCC(CCC(=O)O)C2)cc1NC(=O)c1ccco1. The molecule has 2 heterocycles. The zero-order valence-corrected chi connectivity index (χ0v) is 15.8. The van der Waals surface area contributed by atoms with Gasteiger partial charge in [-0.15, -0.1) is 0 Å². The first-order chi connectivity index (χ1) is 13.4. The van der Waals surface area contributed by atoms with E-state index in [-0.39, 0.29) is 29.9 Å². The van der Waals surface area contributed by atoms with Gasteiger partial charge in [-0.3, -0.25) is 14.4 Å². The molecule has 2 amide bonds. The number of carbonyl (C=O) groups excluding carboxylic acids is 2. The molecule has 0 aliphatic carbocycles. The lowest BCUT2D eigenvalue weighted by Crippen LogP contribution is -2.40. The van der Waals surface area contributed by atoms with Gasteiger partial charge in [0.15, 0.2) is 5.76 Å². The molecule has 148 valence electrons. The first kappa shape index (κ1) is 19.7. The van der Waals surface area contributed by atoms with Crippen molar-refractivity contribution < 1.29 is 23.9 Å². The van der Waals surface area contributed by atoms with Crippen LogP contribution in [-0.2, 0) is 4.79 Å². The Morgan fingerprint density at radius 2 is 2.11 bits per heavy atom. The normalized spacial score (nSPS) is 16.6. The van der Waals surface area contributed by atoms with Gasteiger partial charge in [-0.1, -0.05) is 6.07 Å². The highest BCUT2D eigenvalue weighted by Crippen LogP contribution is 2.24. The van der Waals surface area contributed by atoms with Gasteiger partial charge in [0.1, 0.15) is 0 Å². The Labute approximate surface area is 163 Å². The summed E-state index contributed by atoms with van der Waals surface area (Å²) in [6, 6.07) is 8.45. The predicted octanol–water partition coefficient (Wildman–Crippen LogP) is 3.56. The van der Waals surface area contributed by atoms with Gasteiger partial charge in [0.25, 0.3) is 11.8 Å². The molecule has 1 aromatic heterocycles. The summed E-state index contributed by atoms with van der Waals surface area (Å²) in [5.41, 5.74) is 1.90. The summed E-state index contributed by atoms with van der Waals surface area (Å²) in [7, 11) is 0. The molecule has 1 aliphatic heterocycles. The van der Waals surface area contributed by atoms with E-state index >= 15 is 0 Å². The summed E-state index contributed by atoms with van der Waals surface area (Å²) >= 11 is 0. The van der Waals surface area contributed by atoms with Gasteiger partial charge in [-0.25, -0.2) is 0 Å². The molecule has 7 heteroatoms. The van der Waals surface area contributed by atoms with Gasteiger partial charge in [-0.05, 0) is 61.9 Å². The Hall–Kier alpha value is -3.09. The highest BCUT2D eigenvalue weighted by Gasteiger charge is 2.25. The number of nitrogens with zero attached hydrogens (tertiary/aromatic N) is 1. The Morgan fingerprint density at radius 1 is 1.29 bits per heavy atom. The Kier molecular flexibility index (Phi) is 6.13. The summed E-state index contributed by atoms with van der Waals surface area (Å²) < 4.78 is 5.10. The third kappa shape index (κ3) is 4.79. The minimum atomic E-state index is -0.807. The summed E-state index contributed by atoms with van der Waals surface area (Å²) in [4.78, 5) is 37.7. The number of hydrogen-bond acceptors (Lipinski definition) is 4. The van der Waals surface area contributed by atoms with Crippen LogP contribution in [0.3, 0.4) is 0 Å². The Balaban J connectivity index is 1.69. The number of piperidine rings is 1. The number of carboxylic acid groups (broad SMARTS) is 1. The number of amides is 2. The van der Waals surface area contributed by atoms with E-state index in [0.717, 1.165) is 18.4 Å². The minimum Gasteiger partial charge on any atom is -0.481 e. The van der Waals surface area contributed by atoms with Crippen LogP contribution in [0.25, 0.3) is 0 Å². The molecule has 1 unspecified atom stereocenters. The zero-order chi connectivity index (χ0) is 20.1. The van der Waals surface area contributed by atoms with Crippen molar-refractivity contribution in [2.75, 3.05) is 18.4 Å². The lowest BCUT2D eigenvalue weighted by Gasteiger charge is -2.32. The van der Waals surface area contributed by atoms with Crippen molar-refractivity contribution in [3.05, 3.63) is 53.5 Å². The van der Waals surface area contributed by atoms with E-state index in [2.05, 4.69) is 5.32 Å². The molecule has 0 spiro atoms. The minimum absolute atomic E-state index is 0.103. The van der Waals surface area contributed by atoms with Crippen LogP contribution in [-0.4, -0.2) is 40.9 Å². The first-order valence-electron chi connectivity index (χ1n) is 9.40. The van der Waals surface area contributed by atoms with Crippen LogP contribution in [0.2, 0.25) is 0 Å². The third-order valence-corrected chi connectivity index (χ3v) is 5.05. The topological polar surface area (TPSA) is 99.9 Å². The molecule has 7 nitrogen and oxygen atoms in total. The van der Waals surface area contributed by atoms with E-state index < -0.39 is 5.97 Å². The number of benzene rings is 1. The van der Waals surface area contributed by atoms with Crippen LogP contribution in [0.4, 0.5) is 5.69 Å². The van der Waals surface area contributed by atoms with Crippen LogP contribution in [0.1, 0.15) is 52.2 Å². The number of aliphatic carboxylic acids is 1. The van der Waals surface area contributed by atoms with Crippen molar-refractivity contribution in [1.29, 1.82) is 0 Å². The molecule has 1 fully saturated rings. The second kappa shape index (κ2) is 8.73. The number of hydrogen-bond donors (Lipinski definition) is 2. The fourth-order valence-corrected chi connectivity index (χ4v) is 3.48. The van der Waals surface area contributed by atoms with Crippen molar-refractivity contribution in [2.45, 2.75) is 32.6 Å². The van der Waals surface area contributed by atoms with E-state index in [1.165, 1.54) is 6.26 Å². The molecule has 0 radical (unpaired) electrons. The molecule has 1 aromatic carbocycles. The molecule has 0 saturated carbocycles. The largest absolute Gasteiger partial charge is 0.481 e. The van der Waals surface area contributed by atoms with Gasteiger partial charge >= 0.3 is 5.97 Å². The van der Waals surface area contributed by atoms with Gasteiger partial charge in [0, 0.05) is 30.8 Å². The number of nitrogens with one attached hydrogen (secondary N) is 1. The van der Waals surface area contributed by atoms with E-state index in [9.17, 15) is 14.4 Å². The Morgan fingerprint density at radius 3 is 2.82 bits per heavy atom. The third-order valence-electron chi connectivity index (χ3n) is 5.05. The molecular formula is C21H24N2O5. The van der Waals surface area contributed by atoms with E-state index in [1.54, 1.807) is 35.2 Å². The van der Waals surface area contributed by atoms with Gasteiger partial charge < -0.3 is 19.7 Å². The van der Waals surface area contributed by atoms with E-state index in [4.69, 9.17) is 9.52 Å². The molecular weight excluding hydrogens is 360 g/mol. The first-order valence-corrected chi connectivity index (χ1v) is 9.40. The quantitative estimate of drug-likeness (QED) is 0.793. The van der Waals surface area contributed by atoms with Gasteiger partial charge in [0.05, 0.1) is 6.26 Å². The monoisotopic (exact) mass is 384 g/mol. The Bertz CT molecular complexity index is 860. The molecule has 0 bridgehead atoms. The molecule has 3 rings (SSSR count). The van der Waals surface area contributed by atoms with Gasteiger partial charge in [0.2, 0.25) is 0 Å². The van der Waals surface area contributed by atoms with Crippen LogP contribution < -0.4 is 5.32 Å². The maximum Gasteiger partial charge on any atom is 0.303 e. The second-order valence-electron chi connectivity index (χ2n) is 7.15. The number of carboxylic acids is 1. The highest BCUT2D eigenvalue weighted by molar-refractivity contribution is 6.04. The van der Waals surface area contributed by atoms with Crippen LogP contribution in [0.15, 0.2) is 41.0 Å². The smallest absolute Gasteiger partial charge is 0.303 e. The van der Waals surface area contributed by atoms with Crippen molar-refractivity contribution in [3.63, 3.8) is 0 Å². The lowest BCUT2D eigenvalue weighted by molar-refractivity contribution is -0.137.